The molecule has 0 saturated heterocycles. The highest BCUT2D eigenvalue weighted by molar-refractivity contribution is 5.42. The van der Waals surface area contributed by atoms with E-state index in [-0.39, 0.29) is 18.0 Å². The smallest absolute Gasteiger partial charge is 0.127 e. The van der Waals surface area contributed by atoms with Gasteiger partial charge in [-0.2, -0.15) is 0 Å². The van der Waals surface area contributed by atoms with Gasteiger partial charge in [0, 0.05) is 24.1 Å². The van der Waals surface area contributed by atoms with Crippen molar-refractivity contribution in [2.75, 3.05) is 7.05 Å². The molecular weight excluding hydrogens is 265 g/mol. The Labute approximate surface area is 125 Å². The highest BCUT2D eigenvalue weighted by Crippen LogP contribution is 2.41. The van der Waals surface area contributed by atoms with Gasteiger partial charge in [0.15, 0.2) is 0 Å². The van der Waals surface area contributed by atoms with Crippen LogP contribution in [-0.2, 0) is 0 Å². The van der Waals surface area contributed by atoms with Gasteiger partial charge < -0.3 is 10.1 Å². The third-order valence-corrected chi connectivity index (χ3v) is 4.41. The Morgan fingerprint density at radius 1 is 1.14 bits per heavy atom. The molecule has 3 heteroatoms. The van der Waals surface area contributed by atoms with E-state index < -0.39 is 0 Å². The molecule has 0 saturated carbocycles. The van der Waals surface area contributed by atoms with Crippen molar-refractivity contribution in [1.82, 2.24) is 5.32 Å². The Morgan fingerprint density at radius 2 is 1.95 bits per heavy atom. The van der Waals surface area contributed by atoms with Crippen molar-refractivity contribution in [1.29, 1.82) is 0 Å². The second-order valence-electron chi connectivity index (χ2n) is 5.65. The molecule has 2 unspecified atom stereocenters. The number of aryl methyl sites for hydroxylation is 1. The molecule has 2 aromatic rings. The van der Waals surface area contributed by atoms with Gasteiger partial charge in [-0.25, -0.2) is 4.39 Å². The normalized spacial score (nSPS) is 20.8. The first kappa shape index (κ1) is 14.1. The van der Waals surface area contributed by atoms with Crippen LogP contribution in [-0.4, -0.2) is 7.05 Å². The second kappa shape index (κ2) is 5.49. The fourth-order valence-corrected chi connectivity index (χ4v) is 3.03. The van der Waals surface area contributed by atoms with E-state index in [1.807, 2.05) is 13.1 Å². The lowest BCUT2D eigenvalue weighted by Gasteiger charge is -2.33. The number of hydrogen-bond donors (Lipinski definition) is 1. The third kappa shape index (κ3) is 2.54. The quantitative estimate of drug-likeness (QED) is 0.891. The molecule has 0 radical (unpaired) electrons. The first-order chi connectivity index (χ1) is 10.1. The van der Waals surface area contributed by atoms with Gasteiger partial charge in [0.1, 0.15) is 17.7 Å². The van der Waals surface area contributed by atoms with Crippen LogP contribution in [0.2, 0.25) is 0 Å². The number of nitrogens with one attached hydrogen (secondary N) is 1. The van der Waals surface area contributed by atoms with Crippen molar-refractivity contribution in [3.05, 3.63) is 64.5 Å². The predicted molar refractivity (Wildman–Crippen MR) is 82.1 cm³/mol. The SMILES string of the molecule is CNC1CC(c2cccc(C)c2C)Oc2cc(F)ccc21. The molecule has 0 fully saturated rings. The van der Waals surface area contributed by atoms with Crippen molar-refractivity contribution in [2.45, 2.75) is 32.4 Å². The molecule has 0 aliphatic carbocycles. The molecule has 0 spiro atoms. The summed E-state index contributed by atoms with van der Waals surface area (Å²) in [5, 5.41) is 3.31. The minimum atomic E-state index is -0.259. The monoisotopic (exact) mass is 285 g/mol. The molecule has 0 bridgehead atoms. The molecule has 21 heavy (non-hydrogen) atoms. The molecule has 0 amide bonds. The van der Waals surface area contributed by atoms with Crippen LogP contribution in [0.25, 0.3) is 0 Å². The van der Waals surface area contributed by atoms with E-state index in [0.29, 0.717) is 5.75 Å². The number of benzene rings is 2. The molecule has 1 heterocycles. The van der Waals surface area contributed by atoms with E-state index >= 15 is 0 Å². The van der Waals surface area contributed by atoms with E-state index in [4.69, 9.17) is 4.74 Å². The van der Waals surface area contributed by atoms with E-state index in [1.165, 1.54) is 28.8 Å². The van der Waals surface area contributed by atoms with Crippen LogP contribution in [0.15, 0.2) is 36.4 Å². The third-order valence-electron chi connectivity index (χ3n) is 4.41. The van der Waals surface area contributed by atoms with Gasteiger partial charge in [-0.05, 0) is 43.7 Å². The zero-order chi connectivity index (χ0) is 15.0. The maximum Gasteiger partial charge on any atom is 0.127 e. The standard InChI is InChI=1S/C18H20FNO/c1-11-5-4-6-14(12(11)2)18-10-16(20-3)15-8-7-13(19)9-17(15)21-18/h4-9,16,18,20H,10H2,1-3H3. The summed E-state index contributed by atoms with van der Waals surface area (Å²) < 4.78 is 19.6. The molecule has 3 rings (SSSR count). The summed E-state index contributed by atoms with van der Waals surface area (Å²) in [4.78, 5) is 0. The lowest BCUT2D eigenvalue weighted by atomic mass is 9.90. The summed E-state index contributed by atoms with van der Waals surface area (Å²) in [6.45, 7) is 4.22. The first-order valence-corrected chi connectivity index (χ1v) is 7.29. The average molecular weight is 285 g/mol. The molecule has 110 valence electrons. The van der Waals surface area contributed by atoms with Gasteiger partial charge in [0.05, 0.1) is 0 Å². The van der Waals surface area contributed by atoms with Crippen LogP contribution >= 0.6 is 0 Å². The molecule has 2 aromatic carbocycles. The van der Waals surface area contributed by atoms with Gasteiger partial charge in [0.2, 0.25) is 0 Å². The van der Waals surface area contributed by atoms with Gasteiger partial charge in [-0.3, -0.25) is 0 Å². The van der Waals surface area contributed by atoms with E-state index in [2.05, 4.69) is 37.4 Å². The van der Waals surface area contributed by atoms with Crippen LogP contribution in [0.3, 0.4) is 0 Å². The zero-order valence-electron chi connectivity index (χ0n) is 12.6. The molecule has 1 N–H and O–H groups in total. The van der Waals surface area contributed by atoms with Crippen molar-refractivity contribution >= 4 is 0 Å². The molecule has 1 aliphatic rings. The number of halogens is 1. The predicted octanol–water partition coefficient (Wildman–Crippen LogP) is 4.23. The summed E-state index contributed by atoms with van der Waals surface area (Å²) in [6, 6.07) is 11.2. The average Bonchev–Trinajstić information content (AvgIpc) is 2.48. The fourth-order valence-electron chi connectivity index (χ4n) is 3.03. The molecule has 0 aromatic heterocycles. The number of fused-ring (bicyclic) bond motifs is 1. The molecule has 2 nitrogen and oxygen atoms in total. The van der Waals surface area contributed by atoms with E-state index in [1.54, 1.807) is 0 Å². The summed E-state index contributed by atoms with van der Waals surface area (Å²) in [5.74, 6) is 0.386. The van der Waals surface area contributed by atoms with Crippen molar-refractivity contribution in [3.8, 4) is 5.75 Å². The summed E-state index contributed by atoms with van der Waals surface area (Å²) in [5.41, 5.74) is 4.71. The van der Waals surface area contributed by atoms with Crippen LogP contribution < -0.4 is 10.1 Å². The highest BCUT2D eigenvalue weighted by atomic mass is 19.1. The Morgan fingerprint density at radius 3 is 2.71 bits per heavy atom. The lowest BCUT2D eigenvalue weighted by molar-refractivity contribution is 0.152. The summed E-state index contributed by atoms with van der Waals surface area (Å²) in [6.07, 6.45) is 0.802. The maximum atomic E-state index is 13.5. The van der Waals surface area contributed by atoms with Crippen LogP contribution in [0.4, 0.5) is 4.39 Å². The van der Waals surface area contributed by atoms with Crippen LogP contribution in [0.5, 0.6) is 5.75 Å². The minimum absolute atomic E-state index is 0.0448. The zero-order valence-corrected chi connectivity index (χ0v) is 12.6. The van der Waals surface area contributed by atoms with Gasteiger partial charge in [0.25, 0.3) is 0 Å². The topological polar surface area (TPSA) is 21.3 Å². The van der Waals surface area contributed by atoms with Gasteiger partial charge in [-0.1, -0.05) is 24.3 Å². The summed E-state index contributed by atoms with van der Waals surface area (Å²) >= 11 is 0. The van der Waals surface area contributed by atoms with Crippen LogP contribution in [0.1, 0.15) is 40.8 Å². The lowest BCUT2D eigenvalue weighted by Crippen LogP contribution is -2.27. The fraction of sp³-hybridized carbons (Fsp3) is 0.333. The van der Waals surface area contributed by atoms with Crippen molar-refractivity contribution < 1.29 is 9.13 Å². The molecular formula is C18H20FNO. The van der Waals surface area contributed by atoms with Crippen molar-refractivity contribution in [3.63, 3.8) is 0 Å². The maximum absolute atomic E-state index is 13.5. The van der Waals surface area contributed by atoms with E-state index in [9.17, 15) is 4.39 Å². The van der Waals surface area contributed by atoms with Crippen molar-refractivity contribution in [2.24, 2.45) is 0 Å². The van der Waals surface area contributed by atoms with Gasteiger partial charge >= 0.3 is 0 Å². The Bertz CT molecular complexity index is 668. The Balaban J connectivity index is 2.02. The minimum Gasteiger partial charge on any atom is -0.485 e. The van der Waals surface area contributed by atoms with Crippen LogP contribution in [0, 0.1) is 19.7 Å². The summed E-state index contributed by atoms with van der Waals surface area (Å²) in [7, 11) is 1.93. The first-order valence-electron chi connectivity index (χ1n) is 7.29. The number of rotatable bonds is 2. The largest absolute Gasteiger partial charge is 0.485 e. The molecule has 2 atom stereocenters. The highest BCUT2D eigenvalue weighted by Gasteiger charge is 2.29. The molecule has 1 aliphatic heterocycles. The second-order valence-corrected chi connectivity index (χ2v) is 5.65. The van der Waals surface area contributed by atoms with E-state index in [0.717, 1.165) is 12.0 Å². The van der Waals surface area contributed by atoms with Gasteiger partial charge in [-0.15, -0.1) is 0 Å². The Kier molecular flexibility index (Phi) is 3.68. The number of ether oxygens (including phenoxy) is 1. The number of hydrogen-bond acceptors (Lipinski definition) is 2. The Hall–Kier alpha value is -1.87.